The number of rotatable bonds is 7. The standard InChI is InChI=1S/C23H15Cl2N3O6S/c1-33-19-8-13(2-6-18(19)34-21-7-5-16(11-26-21)28(31)32)9-20-22(29)27(23(30)35-20)12-14-3-4-15(24)10-17(14)25/h2-11H,12H2,1H3/b20-9-. The number of carbonyl (C=O) groups excluding carboxylic acids is 2. The van der Waals surface area contributed by atoms with E-state index >= 15 is 0 Å². The molecule has 0 atom stereocenters. The number of nitro groups is 1. The highest BCUT2D eigenvalue weighted by Gasteiger charge is 2.35. The van der Waals surface area contributed by atoms with Gasteiger partial charge in [0.15, 0.2) is 11.5 Å². The number of carbonyl (C=O) groups is 2. The zero-order chi connectivity index (χ0) is 25.1. The van der Waals surface area contributed by atoms with E-state index in [1.54, 1.807) is 42.5 Å². The maximum absolute atomic E-state index is 12.9. The molecule has 2 amide bonds. The van der Waals surface area contributed by atoms with Crippen LogP contribution in [0, 0.1) is 10.1 Å². The second kappa shape index (κ2) is 10.3. The van der Waals surface area contributed by atoms with Crippen LogP contribution in [-0.4, -0.2) is 33.1 Å². The summed E-state index contributed by atoms with van der Waals surface area (Å²) in [5.41, 5.74) is 1.04. The van der Waals surface area contributed by atoms with Crippen LogP contribution in [-0.2, 0) is 11.3 Å². The Morgan fingerprint density at radius 1 is 1.11 bits per heavy atom. The predicted molar refractivity (Wildman–Crippen MR) is 132 cm³/mol. The monoisotopic (exact) mass is 531 g/mol. The Morgan fingerprint density at radius 2 is 1.91 bits per heavy atom. The zero-order valence-electron chi connectivity index (χ0n) is 17.9. The topological polar surface area (TPSA) is 112 Å². The van der Waals surface area contributed by atoms with Crippen molar-refractivity contribution in [2.24, 2.45) is 0 Å². The van der Waals surface area contributed by atoms with E-state index in [1.807, 2.05) is 0 Å². The van der Waals surface area contributed by atoms with Crippen LogP contribution in [0.5, 0.6) is 17.4 Å². The second-order valence-electron chi connectivity index (χ2n) is 7.13. The molecule has 0 bridgehead atoms. The summed E-state index contributed by atoms with van der Waals surface area (Å²) in [6.45, 7) is 0.0242. The SMILES string of the molecule is COc1cc(/C=C2\SC(=O)N(Cc3ccc(Cl)cc3Cl)C2=O)ccc1Oc1ccc([N+](=O)[O-])cn1. The number of pyridine rings is 1. The summed E-state index contributed by atoms with van der Waals surface area (Å²) in [5, 5.41) is 11.2. The van der Waals surface area contributed by atoms with Crippen molar-refractivity contribution in [2.45, 2.75) is 6.54 Å². The second-order valence-corrected chi connectivity index (χ2v) is 8.96. The molecule has 2 aromatic carbocycles. The van der Waals surface area contributed by atoms with Gasteiger partial charge in [0, 0.05) is 22.2 Å². The quantitative estimate of drug-likeness (QED) is 0.197. The molecule has 0 N–H and O–H groups in total. The number of aromatic nitrogens is 1. The molecule has 1 aliphatic rings. The Kier molecular flexibility index (Phi) is 7.25. The molecule has 3 aromatic rings. The number of amides is 2. The summed E-state index contributed by atoms with van der Waals surface area (Å²) in [6, 6.07) is 12.4. The van der Waals surface area contributed by atoms with Gasteiger partial charge < -0.3 is 9.47 Å². The van der Waals surface area contributed by atoms with E-state index in [-0.39, 0.29) is 23.0 Å². The molecule has 0 spiro atoms. The third-order valence-electron chi connectivity index (χ3n) is 4.85. The minimum atomic E-state index is -0.558. The summed E-state index contributed by atoms with van der Waals surface area (Å²) in [6.07, 6.45) is 2.66. The number of imide groups is 1. The number of hydrogen-bond donors (Lipinski definition) is 0. The predicted octanol–water partition coefficient (Wildman–Crippen LogP) is 6.33. The van der Waals surface area contributed by atoms with Gasteiger partial charge in [-0.2, -0.15) is 0 Å². The van der Waals surface area contributed by atoms with Gasteiger partial charge in [-0.1, -0.05) is 35.3 Å². The molecule has 35 heavy (non-hydrogen) atoms. The molecule has 0 radical (unpaired) electrons. The highest BCUT2D eigenvalue weighted by molar-refractivity contribution is 8.18. The van der Waals surface area contributed by atoms with Gasteiger partial charge in [0.25, 0.3) is 16.8 Å². The Labute approximate surface area is 213 Å². The third-order valence-corrected chi connectivity index (χ3v) is 6.34. The van der Waals surface area contributed by atoms with Gasteiger partial charge in [-0.25, -0.2) is 4.98 Å². The van der Waals surface area contributed by atoms with Crippen molar-refractivity contribution in [1.29, 1.82) is 0 Å². The first-order valence-electron chi connectivity index (χ1n) is 9.91. The highest BCUT2D eigenvalue weighted by Crippen LogP contribution is 2.37. The van der Waals surface area contributed by atoms with E-state index in [2.05, 4.69) is 4.98 Å². The van der Waals surface area contributed by atoms with E-state index in [1.165, 1.54) is 19.2 Å². The van der Waals surface area contributed by atoms with Crippen LogP contribution in [0.2, 0.25) is 10.0 Å². The number of ether oxygens (including phenoxy) is 2. The van der Waals surface area contributed by atoms with E-state index in [9.17, 15) is 19.7 Å². The van der Waals surface area contributed by atoms with E-state index in [0.29, 0.717) is 32.7 Å². The van der Waals surface area contributed by atoms with Crippen LogP contribution in [0.15, 0.2) is 59.6 Å². The maximum Gasteiger partial charge on any atom is 0.293 e. The zero-order valence-corrected chi connectivity index (χ0v) is 20.3. The maximum atomic E-state index is 12.9. The molecule has 1 fully saturated rings. The first kappa shape index (κ1) is 24.5. The fourth-order valence-electron chi connectivity index (χ4n) is 3.12. The number of methoxy groups -OCH3 is 1. The molecule has 1 saturated heterocycles. The molecule has 1 aliphatic heterocycles. The number of halogens is 2. The largest absolute Gasteiger partial charge is 0.493 e. The van der Waals surface area contributed by atoms with Crippen molar-refractivity contribution in [3.63, 3.8) is 0 Å². The van der Waals surface area contributed by atoms with Crippen LogP contribution < -0.4 is 9.47 Å². The fraction of sp³-hybridized carbons (Fsp3) is 0.0870. The first-order valence-corrected chi connectivity index (χ1v) is 11.5. The Morgan fingerprint density at radius 3 is 2.57 bits per heavy atom. The number of nitrogens with zero attached hydrogens (tertiary/aromatic N) is 3. The van der Waals surface area contributed by atoms with Gasteiger partial charge in [-0.3, -0.25) is 24.6 Å². The number of thioether (sulfide) groups is 1. The van der Waals surface area contributed by atoms with E-state index in [4.69, 9.17) is 32.7 Å². The van der Waals surface area contributed by atoms with Crippen LogP contribution in [0.25, 0.3) is 6.08 Å². The Bertz CT molecular complexity index is 1360. The molecule has 178 valence electrons. The van der Waals surface area contributed by atoms with Gasteiger partial charge in [0.05, 0.1) is 23.5 Å². The molecule has 0 unspecified atom stereocenters. The van der Waals surface area contributed by atoms with Crippen molar-refractivity contribution in [2.75, 3.05) is 7.11 Å². The smallest absolute Gasteiger partial charge is 0.293 e. The molecule has 1 aromatic heterocycles. The van der Waals surface area contributed by atoms with Gasteiger partial charge in [0.2, 0.25) is 5.88 Å². The third kappa shape index (κ3) is 5.56. The van der Waals surface area contributed by atoms with Crippen LogP contribution in [0.1, 0.15) is 11.1 Å². The minimum absolute atomic E-state index is 0.0242. The lowest BCUT2D eigenvalue weighted by Crippen LogP contribution is -2.27. The molecule has 0 aliphatic carbocycles. The van der Waals surface area contributed by atoms with Crippen molar-refractivity contribution in [3.05, 3.63) is 90.9 Å². The van der Waals surface area contributed by atoms with Gasteiger partial charge in [-0.05, 0) is 53.2 Å². The molecular formula is C23H15Cl2N3O6S. The minimum Gasteiger partial charge on any atom is -0.493 e. The summed E-state index contributed by atoms with van der Waals surface area (Å²) >= 11 is 12.9. The van der Waals surface area contributed by atoms with Gasteiger partial charge in [-0.15, -0.1) is 0 Å². The molecule has 12 heteroatoms. The van der Waals surface area contributed by atoms with Crippen LogP contribution >= 0.6 is 35.0 Å². The van der Waals surface area contributed by atoms with Gasteiger partial charge in [0.1, 0.15) is 6.20 Å². The van der Waals surface area contributed by atoms with Crippen molar-refractivity contribution in [1.82, 2.24) is 9.88 Å². The highest BCUT2D eigenvalue weighted by atomic mass is 35.5. The molecule has 0 saturated carbocycles. The molecular weight excluding hydrogens is 517 g/mol. The molecule has 9 nitrogen and oxygen atoms in total. The van der Waals surface area contributed by atoms with Crippen molar-refractivity contribution >= 4 is 57.9 Å². The van der Waals surface area contributed by atoms with Crippen molar-refractivity contribution < 1.29 is 24.0 Å². The molecule has 4 rings (SSSR count). The number of benzene rings is 2. The van der Waals surface area contributed by atoms with E-state index < -0.39 is 16.1 Å². The average molecular weight is 532 g/mol. The Balaban J connectivity index is 1.52. The van der Waals surface area contributed by atoms with Crippen LogP contribution in [0.4, 0.5) is 10.5 Å². The molecule has 2 heterocycles. The Hall–Kier alpha value is -3.60. The summed E-state index contributed by atoms with van der Waals surface area (Å²) in [5.74, 6) is 0.353. The lowest BCUT2D eigenvalue weighted by molar-refractivity contribution is -0.385. The normalized spacial score (nSPS) is 14.5. The number of hydrogen-bond acceptors (Lipinski definition) is 8. The average Bonchev–Trinajstić information content (AvgIpc) is 3.09. The van der Waals surface area contributed by atoms with Crippen molar-refractivity contribution in [3.8, 4) is 17.4 Å². The summed E-state index contributed by atoms with van der Waals surface area (Å²) < 4.78 is 11.0. The van der Waals surface area contributed by atoms with Crippen LogP contribution in [0.3, 0.4) is 0 Å². The fourth-order valence-corrected chi connectivity index (χ4v) is 4.43. The lowest BCUT2D eigenvalue weighted by atomic mass is 10.1. The first-order chi connectivity index (χ1) is 16.7. The summed E-state index contributed by atoms with van der Waals surface area (Å²) in [4.78, 5) is 40.8. The van der Waals surface area contributed by atoms with Gasteiger partial charge >= 0.3 is 0 Å². The van der Waals surface area contributed by atoms with E-state index in [0.717, 1.165) is 22.9 Å². The lowest BCUT2D eigenvalue weighted by Gasteiger charge is -2.13. The summed E-state index contributed by atoms with van der Waals surface area (Å²) in [7, 11) is 1.44.